The molecular weight excluding hydrogens is 347 g/mol. The topological polar surface area (TPSA) is 9.23 Å². The molecule has 0 radical (unpaired) electrons. The van der Waals surface area contributed by atoms with E-state index < -0.39 is 0 Å². The van der Waals surface area contributed by atoms with E-state index in [1.807, 2.05) is 37.3 Å². The van der Waals surface area contributed by atoms with Crippen molar-refractivity contribution in [3.05, 3.63) is 63.1 Å². The number of hydrogen-bond acceptors (Lipinski definition) is 1. The first kappa shape index (κ1) is 14.7. The molecule has 0 amide bonds. The molecule has 0 fully saturated rings. The molecule has 2 aromatic carbocycles. The number of rotatable bonds is 3. The summed E-state index contributed by atoms with van der Waals surface area (Å²) in [5, 5.41) is 1.27. The van der Waals surface area contributed by atoms with Crippen molar-refractivity contribution in [2.45, 2.75) is 11.8 Å². The molecule has 1 atom stereocenters. The van der Waals surface area contributed by atoms with Gasteiger partial charge in [0.25, 0.3) is 0 Å². The second-order valence-electron chi connectivity index (χ2n) is 4.24. The maximum absolute atomic E-state index is 6.25. The Hall–Kier alpha value is -0.700. The van der Waals surface area contributed by atoms with Gasteiger partial charge in [-0.1, -0.05) is 62.9 Å². The Balaban J connectivity index is 2.55. The summed E-state index contributed by atoms with van der Waals surface area (Å²) in [7, 11) is 1.65. The molecule has 0 bridgehead atoms. The van der Waals surface area contributed by atoms with Gasteiger partial charge in [0.2, 0.25) is 0 Å². The fourth-order valence-corrected chi connectivity index (χ4v) is 3.69. The Labute approximate surface area is 131 Å². The van der Waals surface area contributed by atoms with Gasteiger partial charge in [0.1, 0.15) is 5.75 Å². The molecule has 0 aromatic heterocycles. The molecule has 0 aliphatic rings. The third kappa shape index (κ3) is 3.07. The van der Waals surface area contributed by atoms with Crippen LogP contribution in [0.3, 0.4) is 0 Å². The Morgan fingerprint density at radius 1 is 1.11 bits per heavy atom. The summed E-state index contributed by atoms with van der Waals surface area (Å²) in [4.78, 5) is -0.108. The zero-order valence-corrected chi connectivity index (χ0v) is 13.7. The van der Waals surface area contributed by atoms with Crippen LogP contribution in [0.5, 0.6) is 5.75 Å². The number of halogens is 3. The van der Waals surface area contributed by atoms with Gasteiger partial charge >= 0.3 is 0 Å². The first-order valence-electron chi connectivity index (χ1n) is 5.77. The minimum Gasteiger partial charge on any atom is -0.496 e. The fraction of sp³-hybridized carbons (Fsp3) is 0.200. The molecule has 19 heavy (non-hydrogen) atoms. The summed E-state index contributed by atoms with van der Waals surface area (Å²) in [5.41, 5.74) is 3.02. The zero-order chi connectivity index (χ0) is 14.0. The van der Waals surface area contributed by atoms with E-state index >= 15 is 0 Å². The van der Waals surface area contributed by atoms with E-state index in [1.54, 1.807) is 7.11 Å². The van der Waals surface area contributed by atoms with E-state index in [4.69, 9.17) is 27.9 Å². The quantitative estimate of drug-likeness (QED) is 0.629. The van der Waals surface area contributed by atoms with Crippen LogP contribution < -0.4 is 4.74 Å². The number of alkyl halides is 1. The number of ether oxygens (including phenoxy) is 1. The Bertz CT molecular complexity index is 578. The first-order chi connectivity index (χ1) is 9.04. The molecule has 0 saturated carbocycles. The molecule has 0 aliphatic carbocycles. The predicted octanol–water partition coefficient (Wildman–Crippen LogP) is 5.79. The van der Waals surface area contributed by atoms with Crippen LogP contribution in [0.2, 0.25) is 10.0 Å². The molecule has 0 spiro atoms. The highest BCUT2D eigenvalue weighted by molar-refractivity contribution is 9.09. The predicted molar refractivity (Wildman–Crippen MR) is 85.0 cm³/mol. The van der Waals surface area contributed by atoms with Crippen LogP contribution in [0.1, 0.15) is 21.5 Å². The second kappa shape index (κ2) is 6.17. The first-order valence-corrected chi connectivity index (χ1v) is 7.44. The molecule has 1 unspecified atom stereocenters. The van der Waals surface area contributed by atoms with Crippen LogP contribution in [0, 0.1) is 6.92 Å². The zero-order valence-electron chi connectivity index (χ0n) is 10.6. The van der Waals surface area contributed by atoms with Gasteiger partial charge in [-0.3, -0.25) is 0 Å². The summed E-state index contributed by atoms with van der Waals surface area (Å²) in [5.74, 6) is 0.809. The van der Waals surface area contributed by atoms with Crippen LogP contribution >= 0.6 is 39.1 Å². The number of hydrogen-bond donors (Lipinski definition) is 0. The van der Waals surface area contributed by atoms with Crippen molar-refractivity contribution in [3.8, 4) is 5.75 Å². The highest BCUT2D eigenvalue weighted by Crippen LogP contribution is 2.42. The fourth-order valence-electron chi connectivity index (χ4n) is 1.96. The monoisotopic (exact) mass is 358 g/mol. The molecule has 4 heteroatoms. The van der Waals surface area contributed by atoms with E-state index in [-0.39, 0.29) is 4.83 Å². The van der Waals surface area contributed by atoms with Gasteiger partial charge < -0.3 is 4.74 Å². The van der Waals surface area contributed by atoms with E-state index in [2.05, 4.69) is 22.0 Å². The summed E-state index contributed by atoms with van der Waals surface area (Å²) >= 11 is 16.2. The van der Waals surface area contributed by atoms with Gasteiger partial charge in [0.05, 0.1) is 11.9 Å². The third-order valence-electron chi connectivity index (χ3n) is 2.91. The highest BCUT2D eigenvalue weighted by Gasteiger charge is 2.20. The van der Waals surface area contributed by atoms with Crippen LogP contribution in [0.15, 0.2) is 36.4 Å². The van der Waals surface area contributed by atoms with Crippen molar-refractivity contribution in [1.29, 1.82) is 0 Å². The molecular formula is C15H13BrCl2O. The van der Waals surface area contributed by atoms with Gasteiger partial charge in [-0.25, -0.2) is 0 Å². The van der Waals surface area contributed by atoms with Gasteiger partial charge in [-0.15, -0.1) is 0 Å². The summed E-state index contributed by atoms with van der Waals surface area (Å²) in [6.07, 6.45) is 0. The molecule has 0 heterocycles. The lowest BCUT2D eigenvalue weighted by Gasteiger charge is -2.17. The van der Waals surface area contributed by atoms with Crippen molar-refractivity contribution in [2.24, 2.45) is 0 Å². The number of benzene rings is 2. The van der Waals surface area contributed by atoms with E-state index in [0.29, 0.717) is 10.0 Å². The second-order valence-corrected chi connectivity index (χ2v) is 5.97. The smallest absolute Gasteiger partial charge is 0.123 e. The average Bonchev–Trinajstić information content (AvgIpc) is 2.38. The third-order valence-corrected chi connectivity index (χ3v) is 4.52. The van der Waals surface area contributed by atoms with Crippen LogP contribution in [0.4, 0.5) is 0 Å². The minimum atomic E-state index is -0.108. The molecule has 0 saturated heterocycles. The van der Waals surface area contributed by atoms with Gasteiger partial charge in [0, 0.05) is 21.2 Å². The maximum Gasteiger partial charge on any atom is 0.123 e. The van der Waals surface area contributed by atoms with Crippen LogP contribution in [-0.4, -0.2) is 7.11 Å². The van der Waals surface area contributed by atoms with Crippen LogP contribution in [-0.2, 0) is 0 Å². The van der Waals surface area contributed by atoms with E-state index in [0.717, 1.165) is 22.4 Å². The highest BCUT2D eigenvalue weighted by atomic mass is 79.9. The molecule has 2 rings (SSSR count). The van der Waals surface area contributed by atoms with Crippen molar-refractivity contribution in [3.63, 3.8) is 0 Å². The molecule has 0 aliphatic heterocycles. The van der Waals surface area contributed by atoms with E-state index in [9.17, 15) is 0 Å². The summed E-state index contributed by atoms with van der Waals surface area (Å²) in [6.45, 7) is 2.04. The van der Waals surface area contributed by atoms with E-state index in [1.165, 1.54) is 0 Å². The van der Waals surface area contributed by atoms with Crippen molar-refractivity contribution >= 4 is 39.1 Å². The molecule has 0 N–H and O–H groups in total. The Morgan fingerprint density at radius 3 is 2.32 bits per heavy atom. The Kier molecular flexibility index (Phi) is 4.77. The van der Waals surface area contributed by atoms with Crippen molar-refractivity contribution < 1.29 is 4.74 Å². The maximum atomic E-state index is 6.25. The molecule has 100 valence electrons. The summed E-state index contributed by atoms with van der Waals surface area (Å²) < 4.78 is 5.41. The molecule has 2 aromatic rings. The van der Waals surface area contributed by atoms with Gasteiger partial charge in [-0.2, -0.15) is 0 Å². The normalized spacial score (nSPS) is 12.3. The lowest BCUT2D eigenvalue weighted by atomic mass is 10.0. The lowest BCUT2D eigenvalue weighted by Crippen LogP contribution is -1.99. The summed E-state index contributed by atoms with van der Waals surface area (Å²) in [6, 6.07) is 11.5. The van der Waals surface area contributed by atoms with Crippen molar-refractivity contribution in [1.82, 2.24) is 0 Å². The van der Waals surface area contributed by atoms with Crippen molar-refractivity contribution in [2.75, 3.05) is 7.11 Å². The SMILES string of the molecule is COc1ccc(C)cc1C(Br)c1c(Cl)cccc1Cl. The largest absolute Gasteiger partial charge is 0.496 e. The van der Waals surface area contributed by atoms with Crippen LogP contribution in [0.25, 0.3) is 0 Å². The standard InChI is InChI=1S/C15H13BrCl2O/c1-9-6-7-13(19-2)10(8-9)15(16)14-11(17)4-3-5-12(14)18/h3-8,15H,1-2H3. The van der Waals surface area contributed by atoms with Gasteiger partial charge in [0.15, 0.2) is 0 Å². The lowest BCUT2D eigenvalue weighted by molar-refractivity contribution is 0.410. The number of aryl methyl sites for hydroxylation is 1. The Morgan fingerprint density at radius 2 is 1.74 bits per heavy atom. The van der Waals surface area contributed by atoms with Gasteiger partial charge in [-0.05, 0) is 25.1 Å². The number of methoxy groups -OCH3 is 1. The molecule has 1 nitrogen and oxygen atoms in total. The average molecular weight is 360 g/mol. The minimum absolute atomic E-state index is 0.108.